The van der Waals surface area contributed by atoms with Gasteiger partial charge in [0.25, 0.3) is 11.5 Å². The van der Waals surface area contributed by atoms with Crippen molar-refractivity contribution in [2.75, 3.05) is 18.4 Å². The highest BCUT2D eigenvalue weighted by atomic mass is 32.2. The van der Waals surface area contributed by atoms with Gasteiger partial charge in [-0.15, -0.1) is 0 Å². The van der Waals surface area contributed by atoms with Crippen molar-refractivity contribution in [3.05, 3.63) is 45.2 Å². The first kappa shape index (κ1) is 22.5. The number of pyridine rings is 1. The number of hydrogen-bond donors (Lipinski definition) is 1. The summed E-state index contributed by atoms with van der Waals surface area (Å²) in [7, 11) is 0. The summed E-state index contributed by atoms with van der Waals surface area (Å²) >= 11 is 6.76. The van der Waals surface area contributed by atoms with Crippen LogP contribution < -0.4 is 10.9 Å². The average molecular weight is 445 g/mol. The van der Waals surface area contributed by atoms with E-state index in [-0.39, 0.29) is 11.5 Å². The number of thioether (sulfide) groups is 1. The van der Waals surface area contributed by atoms with Gasteiger partial charge in [-0.2, -0.15) is 0 Å². The molecule has 1 atom stereocenters. The molecule has 0 radical (unpaired) electrons. The Morgan fingerprint density at radius 1 is 1.27 bits per heavy atom. The number of hydrogen-bond acceptors (Lipinski definition) is 6. The zero-order chi connectivity index (χ0) is 21.7. The Hall–Kier alpha value is -2.19. The first-order valence-corrected chi connectivity index (χ1v) is 11.7. The van der Waals surface area contributed by atoms with Crippen LogP contribution in [0.5, 0.6) is 0 Å². The fourth-order valence-electron chi connectivity index (χ4n) is 3.50. The summed E-state index contributed by atoms with van der Waals surface area (Å²) in [5.41, 5.74) is 0.722. The van der Waals surface area contributed by atoms with Crippen LogP contribution in [0.3, 0.4) is 0 Å². The van der Waals surface area contributed by atoms with Crippen LogP contribution in [0.15, 0.2) is 34.1 Å². The summed E-state index contributed by atoms with van der Waals surface area (Å²) in [6, 6.07) is 5.41. The van der Waals surface area contributed by atoms with Crippen LogP contribution in [0.25, 0.3) is 11.7 Å². The largest absolute Gasteiger partial charge is 0.370 e. The fourth-order valence-corrected chi connectivity index (χ4v) is 4.76. The van der Waals surface area contributed by atoms with Crippen LogP contribution in [0.2, 0.25) is 0 Å². The Labute approximate surface area is 186 Å². The molecule has 0 saturated carbocycles. The Bertz CT molecular complexity index is 1030. The predicted molar refractivity (Wildman–Crippen MR) is 129 cm³/mol. The van der Waals surface area contributed by atoms with Crippen LogP contribution in [0.4, 0.5) is 5.82 Å². The molecule has 1 aliphatic heterocycles. The van der Waals surface area contributed by atoms with E-state index in [0.29, 0.717) is 45.3 Å². The lowest BCUT2D eigenvalue weighted by Gasteiger charge is -2.21. The third-order valence-electron chi connectivity index (χ3n) is 5.25. The van der Waals surface area contributed by atoms with E-state index in [1.165, 1.54) is 16.2 Å². The standard InChI is InChI=1S/C22H28N4O2S2/c1-4-7-10-15(5-2)14-26-21(28)17(30-22(26)29)13-16-19(23-6-3)24-18-11-8-9-12-25(18)20(16)27/h8-9,11-13,15,23H,4-7,10,14H2,1-3H3. The molecule has 0 aromatic carbocycles. The molecular weight excluding hydrogens is 416 g/mol. The molecule has 0 bridgehead atoms. The second-order valence-corrected chi connectivity index (χ2v) is 9.02. The number of amides is 1. The minimum Gasteiger partial charge on any atom is -0.370 e. The SMILES string of the molecule is CCCCC(CC)CN1C(=O)C(=Cc2c(NCC)nc3ccccn3c2=O)SC1=S. The molecule has 3 rings (SSSR count). The van der Waals surface area contributed by atoms with Crippen molar-refractivity contribution in [3.63, 3.8) is 0 Å². The topological polar surface area (TPSA) is 66.7 Å². The smallest absolute Gasteiger partial charge is 0.267 e. The second-order valence-electron chi connectivity index (χ2n) is 7.35. The summed E-state index contributed by atoms with van der Waals surface area (Å²) in [5.74, 6) is 0.783. The maximum Gasteiger partial charge on any atom is 0.267 e. The lowest BCUT2D eigenvalue weighted by Crippen LogP contribution is -2.33. The molecule has 1 N–H and O–H groups in total. The molecule has 1 unspecified atom stereocenters. The minimum atomic E-state index is -0.212. The van der Waals surface area contributed by atoms with E-state index in [0.717, 1.165) is 25.7 Å². The van der Waals surface area contributed by atoms with Crippen LogP contribution in [-0.4, -0.2) is 37.6 Å². The van der Waals surface area contributed by atoms with Crippen LogP contribution in [0, 0.1) is 5.92 Å². The number of fused-ring (bicyclic) bond motifs is 1. The number of nitrogens with zero attached hydrogens (tertiary/aromatic N) is 3. The van der Waals surface area contributed by atoms with Gasteiger partial charge in [0.15, 0.2) is 0 Å². The molecule has 0 aliphatic carbocycles. The molecule has 8 heteroatoms. The minimum absolute atomic E-state index is 0.125. The Morgan fingerprint density at radius 3 is 2.77 bits per heavy atom. The maximum atomic E-state index is 13.1. The van der Waals surface area contributed by atoms with Crippen molar-refractivity contribution in [1.82, 2.24) is 14.3 Å². The molecule has 160 valence electrons. The maximum absolute atomic E-state index is 13.1. The first-order chi connectivity index (χ1) is 14.5. The van der Waals surface area contributed by atoms with E-state index in [9.17, 15) is 9.59 Å². The Balaban J connectivity index is 1.95. The second kappa shape index (κ2) is 10.2. The molecule has 2 aromatic heterocycles. The van der Waals surface area contributed by atoms with Gasteiger partial charge in [0.1, 0.15) is 15.8 Å². The summed E-state index contributed by atoms with van der Waals surface area (Å²) in [5, 5.41) is 3.15. The molecule has 1 aliphatic rings. The van der Waals surface area contributed by atoms with Crippen LogP contribution in [0.1, 0.15) is 52.0 Å². The number of rotatable bonds is 9. The molecule has 2 aromatic rings. The highest BCUT2D eigenvalue weighted by molar-refractivity contribution is 8.26. The van der Waals surface area contributed by atoms with E-state index in [1.54, 1.807) is 29.3 Å². The lowest BCUT2D eigenvalue weighted by atomic mass is 9.99. The van der Waals surface area contributed by atoms with Gasteiger partial charge in [0.2, 0.25) is 0 Å². The summed E-state index contributed by atoms with van der Waals surface area (Å²) in [6.45, 7) is 7.52. The normalized spacial score (nSPS) is 16.6. The molecule has 30 heavy (non-hydrogen) atoms. The van der Waals surface area contributed by atoms with E-state index < -0.39 is 0 Å². The zero-order valence-electron chi connectivity index (χ0n) is 17.7. The quantitative estimate of drug-likeness (QED) is 0.452. The summed E-state index contributed by atoms with van der Waals surface area (Å²) in [6.07, 6.45) is 7.71. The van der Waals surface area contributed by atoms with Gasteiger partial charge >= 0.3 is 0 Å². The molecule has 1 fully saturated rings. The van der Waals surface area contributed by atoms with Crippen molar-refractivity contribution in [1.29, 1.82) is 0 Å². The van der Waals surface area contributed by atoms with Crippen LogP contribution >= 0.6 is 24.0 Å². The Kier molecular flexibility index (Phi) is 7.66. The monoisotopic (exact) mass is 444 g/mol. The van der Waals surface area contributed by atoms with Crippen molar-refractivity contribution >= 4 is 51.7 Å². The number of thiocarbonyl (C=S) groups is 1. The van der Waals surface area contributed by atoms with Gasteiger partial charge in [0.05, 0.1) is 10.5 Å². The number of unbranched alkanes of at least 4 members (excludes halogenated alkanes) is 1. The summed E-state index contributed by atoms with van der Waals surface area (Å²) in [4.78, 5) is 32.9. The van der Waals surface area contributed by atoms with Gasteiger partial charge < -0.3 is 5.32 Å². The van der Waals surface area contributed by atoms with Gasteiger partial charge in [0, 0.05) is 19.3 Å². The van der Waals surface area contributed by atoms with Crippen molar-refractivity contribution in [3.8, 4) is 0 Å². The van der Waals surface area contributed by atoms with E-state index >= 15 is 0 Å². The molecular formula is C22H28N4O2S2. The van der Waals surface area contributed by atoms with Crippen molar-refractivity contribution in [2.24, 2.45) is 5.92 Å². The van der Waals surface area contributed by atoms with Crippen LogP contribution in [-0.2, 0) is 4.79 Å². The molecule has 3 heterocycles. The Morgan fingerprint density at radius 2 is 2.07 bits per heavy atom. The molecule has 1 amide bonds. The van der Waals surface area contributed by atoms with E-state index in [4.69, 9.17) is 12.2 Å². The fraction of sp³-hybridized carbons (Fsp3) is 0.455. The number of anilines is 1. The van der Waals surface area contributed by atoms with Gasteiger partial charge in [-0.3, -0.25) is 18.9 Å². The number of carbonyl (C=O) groups excluding carboxylic acids is 1. The highest BCUT2D eigenvalue weighted by Crippen LogP contribution is 2.34. The number of carbonyl (C=O) groups is 1. The van der Waals surface area contributed by atoms with Crippen molar-refractivity contribution < 1.29 is 4.79 Å². The van der Waals surface area contributed by atoms with E-state index in [2.05, 4.69) is 24.1 Å². The first-order valence-electron chi connectivity index (χ1n) is 10.5. The van der Waals surface area contributed by atoms with Gasteiger partial charge in [-0.05, 0) is 37.5 Å². The molecule has 0 spiro atoms. The molecule has 1 saturated heterocycles. The van der Waals surface area contributed by atoms with Gasteiger partial charge in [-0.1, -0.05) is 63.2 Å². The third kappa shape index (κ3) is 4.75. The predicted octanol–water partition coefficient (Wildman–Crippen LogP) is 4.54. The highest BCUT2D eigenvalue weighted by Gasteiger charge is 2.33. The van der Waals surface area contributed by atoms with E-state index in [1.807, 2.05) is 13.0 Å². The zero-order valence-corrected chi connectivity index (χ0v) is 19.3. The molecule has 6 nitrogen and oxygen atoms in total. The number of aromatic nitrogens is 2. The van der Waals surface area contributed by atoms with Gasteiger partial charge in [-0.25, -0.2) is 4.98 Å². The summed E-state index contributed by atoms with van der Waals surface area (Å²) < 4.78 is 2.05. The van der Waals surface area contributed by atoms with Crippen molar-refractivity contribution in [2.45, 2.75) is 46.5 Å². The lowest BCUT2D eigenvalue weighted by molar-refractivity contribution is -0.122. The number of nitrogens with one attached hydrogen (secondary N) is 1. The average Bonchev–Trinajstić information content (AvgIpc) is 3.01. The third-order valence-corrected chi connectivity index (χ3v) is 6.62.